The van der Waals surface area contributed by atoms with Crippen LogP contribution in [0, 0.1) is 0 Å². The first-order valence-electron chi connectivity index (χ1n) is 6.07. The molecule has 0 aromatic carbocycles. The minimum atomic E-state index is 0.488. The summed E-state index contributed by atoms with van der Waals surface area (Å²) in [5, 5.41) is 4.57. The van der Waals surface area contributed by atoms with Gasteiger partial charge in [-0.25, -0.2) is 0 Å². The SMILES string of the molecule is CCC(C)n1ccc(CC(C)=CCCN)n1. The van der Waals surface area contributed by atoms with Crippen molar-refractivity contribution in [3.63, 3.8) is 0 Å². The summed E-state index contributed by atoms with van der Waals surface area (Å²) >= 11 is 0. The molecule has 0 aliphatic heterocycles. The number of hydrogen-bond acceptors (Lipinski definition) is 2. The summed E-state index contributed by atoms with van der Waals surface area (Å²) in [7, 11) is 0. The summed E-state index contributed by atoms with van der Waals surface area (Å²) in [6, 6.07) is 2.59. The van der Waals surface area contributed by atoms with Crippen molar-refractivity contribution in [2.75, 3.05) is 6.54 Å². The van der Waals surface area contributed by atoms with Crippen LogP contribution in [0.15, 0.2) is 23.9 Å². The summed E-state index contributed by atoms with van der Waals surface area (Å²) in [4.78, 5) is 0. The van der Waals surface area contributed by atoms with E-state index < -0.39 is 0 Å². The standard InChI is InChI=1S/C13H23N3/c1-4-12(3)16-9-7-13(15-16)10-11(2)6-5-8-14/h6-7,9,12H,4-5,8,10,14H2,1-3H3. The molecule has 90 valence electrons. The minimum absolute atomic E-state index is 0.488. The zero-order chi connectivity index (χ0) is 12.0. The molecule has 0 saturated heterocycles. The lowest BCUT2D eigenvalue weighted by Gasteiger charge is -2.08. The lowest BCUT2D eigenvalue weighted by Crippen LogP contribution is -2.05. The van der Waals surface area contributed by atoms with Crippen molar-refractivity contribution >= 4 is 0 Å². The summed E-state index contributed by atoms with van der Waals surface area (Å²) in [5.74, 6) is 0. The van der Waals surface area contributed by atoms with E-state index in [1.54, 1.807) is 0 Å². The Morgan fingerprint density at radius 3 is 3.00 bits per heavy atom. The van der Waals surface area contributed by atoms with Gasteiger partial charge in [0.2, 0.25) is 0 Å². The Kier molecular flexibility index (Phi) is 5.26. The van der Waals surface area contributed by atoms with Gasteiger partial charge in [0, 0.05) is 18.7 Å². The molecule has 1 rings (SSSR count). The van der Waals surface area contributed by atoms with Crippen LogP contribution in [0.5, 0.6) is 0 Å². The van der Waals surface area contributed by atoms with Gasteiger partial charge in [0.1, 0.15) is 0 Å². The molecule has 0 bridgehead atoms. The molecule has 0 fully saturated rings. The number of allylic oxidation sites excluding steroid dienone is 1. The van der Waals surface area contributed by atoms with E-state index >= 15 is 0 Å². The highest BCUT2D eigenvalue weighted by atomic mass is 15.3. The molecule has 0 aliphatic carbocycles. The zero-order valence-electron chi connectivity index (χ0n) is 10.6. The summed E-state index contributed by atoms with van der Waals surface area (Å²) < 4.78 is 2.05. The van der Waals surface area contributed by atoms with E-state index in [-0.39, 0.29) is 0 Å². The van der Waals surface area contributed by atoms with Crippen LogP contribution in [-0.4, -0.2) is 16.3 Å². The lowest BCUT2D eigenvalue weighted by atomic mass is 10.1. The van der Waals surface area contributed by atoms with Gasteiger partial charge in [-0.2, -0.15) is 5.10 Å². The van der Waals surface area contributed by atoms with Crippen molar-refractivity contribution in [3.05, 3.63) is 29.6 Å². The second kappa shape index (κ2) is 6.48. The second-order valence-electron chi connectivity index (χ2n) is 4.35. The van der Waals surface area contributed by atoms with E-state index in [0.717, 1.165) is 31.5 Å². The Balaban J connectivity index is 2.58. The Morgan fingerprint density at radius 2 is 2.38 bits per heavy atom. The van der Waals surface area contributed by atoms with Gasteiger partial charge in [0.05, 0.1) is 5.69 Å². The normalized spacial score (nSPS) is 14.1. The van der Waals surface area contributed by atoms with Crippen LogP contribution in [-0.2, 0) is 6.42 Å². The van der Waals surface area contributed by atoms with Crippen LogP contribution in [0.1, 0.15) is 45.3 Å². The molecular weight excluding hydrogens is 198 g/mol. The molecule has 1 unspecified atom stereocenters. The fraction of sp³-hybridized carbons (Fsp3) is 0.615. The van der Waals surface area contributed by atoms with Crippen molar-refractivity contribution in [2.45, 2.75) is 46.1 Å². The van der Waals surface area contributed by atoms with Crippen LogP contribution in [0.3, 0.4) is 0 Å². The van der Waals surface area contributed by atoms with Gasteiger partial charge in [-0.05, 0) is 39.3 Å². The van der Waals surface area contributed by atoms with Gasteiger partial charge in [-0.3, -0.25) is 4.68 Å². The molecule has 0 aliphatic rings. The number of rotatable bonds is 6. The van der Waals surface area contributed by atoms with Gasteiger partial charge in [0.15, 0.2) is 0 Å². The average Bonchev–Trinajstić information content (AvgIpc) is 2.73. The fourth-order valence-corrected chi connectivity index (χ4v) is 1.59. The van der Waals surface area contributed by atoms with E-state index in [0.29, 0.717) is 6.04 Å². The van der Waals surface area contributed by atoms with Crippen molar-refractivity contribution in [1.29, 1.82) is 0 Å². The zero-order valence-corrected chi connectivity index (χ0v) is 10.6. The van der Waals surface area contributed by atoms with Crippen LogP contribution in [0.2, 0.25) is 0 Å². The van der Waals surface area contributed by atoms with Gasteiger partial charge >= 0.3 is 0 Å². The van der Waals surface area contributed by atoms with Gasteiger partial charge in [-0.1, -0.05) is 18.6 Å². The maximum absolute atomic E-state index is 5.47. The van der Waals surface area contributed by atoms with E-state index in [2.05, 4.69) is 44.2 Å². The van der Waals surface area contributed by atoms with Crippen LogP contribution >= 0.6 is 0 Å². The van der Waals surface area contributed by atoms with Crippen molar-refractivity contribution in [2.24, 2.45) is 5.73 Å². The van der Waals surface area contributed by atoms with Gasteiger partial charge < -0.3 is 5.73 Å². The molecule has 1 aromatic heterocycles. The highest BCUT2D eigenvalue weighted by Crippen LogP contribution is 2.11. The fourth-order valence-electron chi connectivity index (χ4n) is 1.59. The third-order valence-corrected chi connectivity index (χ3v) is 2.83. The highest BCUT2D eigenvalue weighted by Gasteiger charge is 2.04. The third kappa shape index (κ3) is 3.81. The lowest BCUT2D eigenvalue weighted by molar-refractivity contribution is 0.474. The predicted molar refractivity (Wildman–Crippen MR) is 68.4 cm³/mol. The quantitative estimate of drug-likeness (QED) is 0.751. The van der Waals surface area contributed by atoms with Crippen LogP contribution < -0.4 is 5.73 Å². The van der Waals surface area contributed by atoms with E-state index in [4.69, 9.17) is 5.73 Å². The first kappa shape index (κ1) is 13.0. The first-order chi connectivity index (χ1) is 7.67. The summed E-state index contributed by atoms with van der Waals surface area (Å²) in [6.45, 7) is 7.23. The summed E-state index contributed by atoms with van der Waals surface area (Å²) in [6.07, 6.45) is 7.27. The highest BCUT2D eigenvalue weighted by molar-refractivity contribution is 5.12. The summed E-state index contributed by atoms with van der Waals surface area (Å²) in [5.41, 5.74) is 7.96. The Labute approximate surface area is 98.3 Å². The third-order valence-electron chi connectivity index (χ3n) is 2.83. The van der Waals surface area contributed by atoms with Crippen molar-refractivity contribution in [1.82, 2.24) is 9.78 Å². The smallest absolute Gasteiger partial charge is 0.0664 e. The van der Waals surface area contributed by atoms with Crippen molar-refractivity contribution in [3.8, 4) is 0 Å². The topological polar surface area (TPSA) is 43.8 Å². The molecule has 0 saturated carbocycles. The molecule has 1 heterocycles. The minimum Gasteiger partial charge on any atom is -0.330 e. The molecule has 1 atom stereocenters. The molecule has 1 aromatic rings. The molecular formula is C13H23N3. The van der Waals surface area contributed by atoms with Gasteiger partial charge in [0.25, 0.3) is 0 Å². The van der Waals surface area contributed by atoms with E-state index in [9.17, 15) is 0 Å². The van der Waals surface area contributed by atoms with Crippen molar-refractivity contribution < 1.29 is 0 Å². The Hall–Kier alpha value is -1.09. The Bertz CT molecular complexity index is 339. The van der Waals surface area contributed by atoms with E-state index in [1.807, 2.05) is 4.68 Å². The monoisotopic (exact) mass is 221 g/mol. The molecule has 3 heteroatoms. The number of aromatic nitrogens is 2. The molecule has 3 nitrogen and oxygen atoms in total. The van der Waals surface area contributed by atoms with Crippen LogP contribution in [0.4, 0.5) is 0 Å². The van der Waals surface area contributed by atoms with Crippen LogP contribution in [0.25, 0.3) is 0 Å². The number of hydrogen-bond donors (Lipinski definition) is 1. The Morgan fingerprint density at radius 1 is 1.62 bits per heavy atom. The number of nitrogens with two attached hydrogens (primary N) is 1. The molecule has 0 amide bonds. The first-order valence-corrected chi connectivity index (χ1v) is 6.07. The van der Waals surface area contributed by atoms with Gasteiger partial charge in [-0.15, -0.1) is 0 Å². The maximum atomic E-state index is 5.47. The molecule has 0 radical (unpaired) electrons. The molecule has 0 spiro atoms. The molecule has 2 N–H and O–H groups in total. The maximum Gasteiger partial charge on any atom is 0.0664 e. The van der Waals surface area contributed by atoms with E-state index in [1.165, 1.54) is 5.57 Å². The number of nitrogens with zero attached hydrogens (tertiary/aromatic N) is 2. The average molecular weight is 221 g/mol. The largest absolute Gasteiger partial charge is 0.330 e. The molecule has 16 heavy (non-hydrogen) atoms. The predicted octanol–water partition coefficient (Wildman–Crippen LogP) is 2.69. The second-order valence-corrected chi connectivity index (χ2v) is 4.35.